The summed E-state index contributed by atoms with van der Waals surface area (Å²) in [5, 5.41) is 12.1. The topological polar surface area (TPSA) is 45.5 Å². The van der Waals surface area contributed by atoms with Crippen LogP contribution in [0.2, 0.25) is 15.2 Å². The Balaban J connectivity index is 2.22. The molecule has 0 amide bonds. The Labute approximate surface area is 160 Å². The molecule has 25 heavy (non-hydrogen) atoms. The predicted octanol–water partition coefficient (Wildman–Crippen LogP) is 6.11. The van der Waals surface area contributed by atoms with Crippen LogP contribution in [-0.2, 0) is 0 Å². The molecule has 0 aliphatic rings. The fourth-order valence-corrected chi connectivity index (χ4v) is 3.45. The van der Waals surface area contributed by atoms with Crippen LogP contribution in [0.3, 0.4) is 0 Å². The lowest BCUT2D eigenvalue weighted by atomic mass is 10.0. The molecule has 0 aliphatic heterocycles. The van der Waals surface area contributed by atoms with Gasteiger partial charge in [0.2, 0.25) is 0 Å². The normalized spacial score (nSPS) is 12.6. The van der Waals surface area contributed by atoms with Crippen molar-refractivity contribution in [3.8, 4) is 11.1 Å². The van der Waals surface area contributed by atoms with Crippen molar-refractivity contribution in [1.82, 2.24) is 4.98 Å². The lowest BCUT2D eigenvalue weighted by Gasteiger charge is -2.13. The number of aromatic nitrogens is 1. The highest BCUT2D eigenvalue weighted by Gasteiger charge is 2.17. The first-order chi connectivity index (χ1) is 12.0. The number of hydrogen-bond acceptors (Lipinski definition) is 3. The van der Waals surface area contributed by atoms with Gasteiger partial charge in [-0.1, -0.05) is 59.1 Å². The zero-order chi connectivity index (χ0) is 18.0. The molecule has 3 rings (SSSR count). The van der Waals surface area contributed by atoms with Gasteiger partial charge in [-0.2, -0.15) is 0 Å². The summed E-state index contributed by atoms with van der Waals surface area (Å²) in [6.45, 7) is 3.35. The van der Waals surface area contributed by atoms with Gasteiger partial charge in [-0.15, -0.1) is 0 Å². The van der Waals surface area contributed by atoms with E-state index in [2.05, 4.69) is 16.7 Å². The van der Waals surface area contributed by atoms with Gasteiger partial charge in [0.05, 0.1) is 16.6 Å². The Kier molecular flexibility index (Phi) is 5.40. The van der Waals surface area contributed by atoms with Gasteiger partial charge in [-0.3, -0.25) is 4.99 Å². The molecule has 0 aliphatic carbocycles. The largest absolute Gasteiger partial charge is 0.384 e. The Morgan fingerprint density at radius 3 is 2.60 bits per heavy atom. The molecule has 1 atom stereocenters. The third-order valence-corrected chi connectivity index (χ3v) is 4.76. The number of pyridine rings is 1. The molecule has 0 saturated carbocycles. The van der Waals surface area contributed by atoms with E-state index >= 15 is 0 Å². The third kappa shape index (κ3) is 3.55. The number of halogens is 3. The SMILES string of the molecule is C=N/C=C/C(O)c1ccc2nc(Cl)c(-c3ccccc3Cl)c(Cl)c2c1. The number of benzene rings is 2. The highest BCUT2D eigenvalue weighted by molar-refractivity contribution is 6.43. The van der Waals surface area contributed by atoms with Gasteiger partial charge in [0.1, 0.15) is 5.15 Å². The van der Waals surface area contributed by atoms with Crippen molar-refractivity contribution in [2.24, 2.45) is 4.99 Å². The van der Waals surface area contributed by atoms with E-state index < -0.39 is 6.10 Å². The molecule has 3 nitrogen and oxygen atoms in total. The number of aliphatic hydroxyl groups excluding tert-OH is 1. The van der Waals surface area contributed by atoms with Gasteiger partial charge in [0, 0.05) is 27.7 Å². The van der Waals surface area contributed by atoms with E-state index in [0.29, 0.717) is 37.6 Å². The second kappa shape index (κ2) is 7.54. The van der Waals surface area contributed by atoms with Crippen molar-refractivity contribution in [3.05, 3.63) is 75.5 Å². The summed E-state index contributed by atoms with van der Waals surface area (Å²) < 4.78 is 0. The van der Waals surface area contributed by atoms with Crippen molar-refractivity contribution in [1.29, 1.82) is 0 Å². The fraction of sp³-hybridized carbons (Fsp3) is 0.0526. The van der Waals surface area contributed by atoms with Crippen LogP contribution in [-0.4, -0.2) is 16.8 Å². The fourth-order valence-electron chi connectivity index (χ4n) is 2.54. The quantitative estimate of drug-likeness (QED) is 0.431. The maximum atomic E-state index is 10.2. The van der Waals surface area contributed by atoms with Gasteiger partial charge >= 0.3 is 0 Å². The summed E-state index contributed by atoms with van der Waals surface area (Å²) >= 11 is 19.3. The lowest BCUT2D eigenvalue weighted by Crippen LogP contribution is -1.95. The van der Waals surface area contributed by atoms with Crippen molar-refractivity contribution < 1.29 is 5.11 Å². The summed E-state index contributed by atoms with van der Waals surface area (Å²) in [7, 11) is 0. The molecule has 1 heterocycles. The van der Waals surface area contributed by atoms with E-state index in [1.54, 1.807) is 24.3 Å². The van der Waals surface area contributed by atoms with Gasteiger partial charge in [0.15, 0.2) is 0 Å². The number of aliphatic imine (C=N–C) groups is 1. The summed E-state index contributed by atoms with van der Waals surface area (Å²) in [6, 6.07) is 12.6. The zero-order valence-electron chi connectivity index (χ0n) is 13.0. The number of nitrogens with zero attached hydrogens (tertiary/aromatic N) is 2. The highest BCUT2D eigenvalue weighted by atomic mass is 35.5. The van der Waals surface area contributed by atoms with Crippen molar-refractivity contribution in [2.75, 3.05) is 0 Å². The average Bonchev–Trinajstić information content (AvgIpc) is 2.61. The van der Waals surface area contributed by atoms with Crippen molar-refractivity contribution >= 4 is 52.4 Å². The summed E-state index contributed by atoms with van der Waals surface area (Å²) in [6.07, 6.45) is 2.14. The van der Waals surface area contributed by atoms with Gasteiger partial charge in [0.25, 0.3) is 0 Å². The molecule has 1 N–H and O–H groups in total. The maximum absolute atomic E-state index is 10.2. The molecule has 6 heteroatoms. The minimum absolute atomic E-state index is 0.273. The zero-order valence-corrected chi connectivity index (χ0v) is 15.2. The Hall–Kier alpha value is -1.91. The lowest BCUT2D eigenvalue weighted by molar-refractivity contribution is 0.228. The molecule has 0 saturated heterocycles. The van der Waals surface area contributed by atoms with Gasteiger partial charge in [-0.05, 0) is 36.6 Å². The van der Waals surface area contributed by atoms with Gasteiger partial charge in [-0.25, -0.2) is 4.98 Å². The van der Waals surface area contributed by atoms with Crippen LogP contribution in [0.1, 0.15) is 11.7 Å². The molecule has 0 radical (unpaired) electrons. The molecule has 126 valence electrons. The van der Waals surface area contributed by atoms with Crippen molar-refractivity contribution in [3.63, 3.8) is 0 Å². The molecule has 0 bridgehead atoms. The maximum Gasteiger partial charge on any atom is 0.139 e. The number of rotatable bonds is 4. The predicted molar refractivity (Wildman–Crippen MR) is 106 cm³/mol. The molecular weight excluding hydrogens is 379 g/mol. The molecule has 1 unspecified atom stereocenters. The molecule has 1 aromatic heterocycles. The minimum Gasteiger partial charge on any atom is -0.384 e. The van der Waals surface area contributed by atoms with Crippen LogP contribution < -0.4 is 0 Å². The third-order valence-electron chi connectivity index (χ3n) is 3.76. The van der Waals surface area contributed by atoms with Crippen LogP contribution in [0.15, 0.2) is 59.7 Å². The first-order valence-corrected chi connectivity index (χ1v) is 8.50. The van der Waals surface area contributed by atoms with E-state index in [-0.39, 0.29) is 5.15 Å². The monoisotopic (exact) mass is 390 g/mol. The van der Waals surface area contributed by atoms with E-state index in [9.17, 15) is 5.11 Å². The van der Waals surface area contributed by atoms with Gasteiger partial charge < -0.3 is 5.11 Å². The molecular formula is C19H13Cl3N2O. The minimum atomic E-state index is -0.828. The van der Waals surface area contributed by atoms with E-state index in [4.69, 9.17) is 34.8 Å². The van der Waals surface area contributed by atoms with Crippen LogP contribution in [0.5, 0.6) is 0 Å². The Bertz CT molecular complexity index is 986. The number of aliphatic hydroxyl groups is 1. The number of fused-ring (bicyclic) bond motifs is 1. The second-order valence-electron chi connectivity index (χ2n) is 5.32. The average molecular weight is 392 g/mol. The molecule has 0 spiro atoms. The Morgan fingerprint density at radius 1 is 1.12 bits per heavy atom. The summed E-state index contributed by atoms with van der Waals surface area (Å²) in [5.74, 6) is 0. The smallest absolute Gasteiger partial charge is 0.139 e. The molecule has 0 fully saturated rings. The van der Waals surface area contributed by atoms with Crippen LogP contribution in [0, 0.1) is 0 Å². The number of hydrogen-bond donors (Lipinski definition) is 1. The standard InChI is InChI=1S/C19H13Cl3N2O/c1-23-9-8-16(25)11-6-7-15-13(10-11)18(21)17(19(22)24-15)12-4-2-3-5-14(12)20/h2-10,16,25H,1H2/b9-8+. The first-order valence-electron chi connectivity index (χ1n) is 7.37. The Morgan fingerprint density at radius 2 is 1.88 bits per heavy atom. The van der Waals surface area contributed by atoms with Crippen LogP contribution in [0.25, 0.3) is 22.0 Å². The molecule has 3 aromatic rings. The van der Waals surface area contributed by atoms with E-state index in [0.717, 1.165) is 0 Å². The summed E-state index contributed by atoms with van der Waals surface area (Å²) in [4.78, 5) is 8.01. The molecule has 2 aromatic carbocycles. The van der Waals surface area contributed by atoms with Crippen LogP contribution >= 0.6 is 34.8 Å². The van der Waals surface area contributed by atoms with E-state index in [1.807, 2.05) is 18.2 Å². The summed E-state index contributed by atoms with van der Waals surface area (Å²) in [5.41, 5.74) is 2.56. The van der Waals surface area contributed by atoms with Crippen molar-refractivity contribution in [2.45, 2.75) is 6.10 Å². The highest BCUT2D eigenvalue weighted by Crippen LogP contribution is 2.41. The van der Waals surface area contributed by atoms with Crippen LogP contribution in [0.4, 0.5) is 0 Å². The first kappa shape index (κ1) is 17.9. The van der Waals surface area contributed by atoms with E-state index in [1.165, 1.54) is 12.3 Å². The second-order valence-corrected chi connectivity index (χ2v) is 6.46.